The van der Waals surface area contributed by atoms with Gasteiger partial charge in [-0.1, -0.05) is 58.0 Å². The fraction of sp³-hybridized carbons (Fsp3) is 0.529. The Morgan fingerprint density at radius 1 is 1.19 bits per heavy atom. The van der Waals surface area contributed by atoms with Crippen molar-refractivity contribution in [2.45, 2.75) is 46.1 Å². The van der Waals surface area contributed by atoms with E-state index in [-0.39, 0.29) is 11.8 Å². The summed E-state index contributed by atoms with van der Waals surface area (Å²) in [5.41, 5.74) is -0.750. The molecule has 0 aliphatic rings. The van der Waals surface area contributed by atoms with E-state index in [9.17, 15) is 14.7 Å². The second-order valence-corrected chi connectivity index (χ2v) is 5.90. The van der Waals surface area contributed by atoms with Crippen LogP contribution in [0.5, 0.6) is 0 Å². The summed E-state index contributed by atoms with van der Waals surface area (Å²) in [4.78, 5) is 24.0. The van der Waals surface area contributed by atoms with Crippen molar-refractivity contribution in [2.75, 3.05) is 0 Å². The quantitative estimate of drug-likeness (QED) is 0.811. The van der Waals surface area contributed by atoms with E-state index < -0.39 is 11.5 Å². The van der Waals surface area contributed by atoms with Gasteiger partial charge in [0.25, 0.3) is 0 Å². The molecule has 0 saturated carbocycles. The molecule has 0 bridgehead atoms. The molecule has 1 aromatic rings. The third kappa shape index (κ3) is 4.06. The third-order valence-electron chi connectivity index (χ3n) is 4.16. The van der Waals surface area contributed by atoms with Gasteiger partial charge in [0.2, 0.25) is 5.91 Å². The highest BCUT2D eigenvalue weighted by molar-refractivity contribution is 5.88. The zero-order chi connectivity index (χ0) is 16.0. The van der Waals surface area contributed by atoms with Crippen LogP contribution in [0, 0.1) is 11.8 Å². The molecule has 4 nitrogen and oxygen atoms in total. The van der Waals surface area contributed by atoms with E-state index in [1.54, 1.807) is 31.2 Å². The Morgan fingerprint density at radius 2 is 1.76 bits per heavy atom. The van der Waals surface area contributed by atoms with Crippen molar-refractivity contribution in [3.05, 3.63) is 35.9 Å². The van der Waals surface area contributed by atoms with E-state index in [0.717, 1.165) is 0 Å². The molecule has 0 aliphatic heterocycles. The van der Waals surface area contributed by atoms with Crippen molar-refractivity contribution in [1.82, 2.24) is 5.32 Å². The number of hydrogen-bond acceptors (Lipinski definition) is 2. The maximum Gasteiger partial charge on any atom is 0.334 e. The van der Waals surface area contributed by atoms with Crippen LogP contribution in [0.25, 0.3) is 0 Å². The standard InChI is InChI=1S/C17H25NO3/c1-5-17(16(20)21,14-9-7-6-8-10-14)18-15(19)11-13(4)12(2)3/h6-10,12-13H,5,11H2,1-4H3,(H,18,19)(H,20,21). The van der Waals surface area contributed by atoms with Gasteiger partial charge in [-0.2, -0.15) is 0 Å². The lowest BCUT2D eigenvalue weighted by Gasteiger charge is -2.30. The minimum absolute atomic E-state index is 0.212. The maximum absolute atomic E-state index is 12.2. The van der Waals surface area contributed by atoms with Gasteiger partial charge >= 0.3 is 5.97 Å². The van der Waals surface area contributed by atoms with Crippen molar-refractivity contribution in [3.63, 3.8) is 0 Å². The van der Waals surface area contributed by atoms with Gasteiger partial charge < -0.3 is 10.4 Å². The van der Waals surface area contributed by atoms with Crippen LogP contribution in [0.1, 0.15) is 46.1 Å². The van der Waals surface area contributed by atoms with Crippen LogP contribution >= 0.6 is 0 Å². The van der Waals surface area contributed by atoms with Crippen LogP contribution < -0.4 is 5.32 Å². The highest BCUT2D eigenvalue weighted by Crippen LogP contribution is 2.26. The molecule has 1 rings (SSSR count). The number of carboxylic acids is 1. The van der Waals surface area contributed by atoms with E-state index in [2.05, 4.69) is 19.2 Å². The van der Waals surface area contributed by atoms with Gasteiger partial charge in [0.15, 0.2) is 5.54 Å². The highest BCUT2D eigenvalue weighted by Gasteiger charge is 2.40. The first-order valence-corrected chi connectivity index (χ1v) is 7.43. The minimum Gasteiger partial charge on any atom is -0.479 e. The number of carbonyl (C=O) groups is 2. The molecule has 2 atom stereocenters. The van der Waals surface area contributed by atoms with Crippen LogP contribution in [-0.2, 0) is 15.1 Å². The normalized spacial score (nSPS) is 15.3. The Labute approximate surface area is 126 Å². The molecule has 0 aliphatic carbocycles. The van der Waals surface area contributed by atoms with Gasteiger partial charge in [0.05, 0.1) is 0 Å². The number of aliphatic carboxylic acids is 1. The van der Waals surface area contributed by atoms with E-state index in [1.165, 1.54) is 0 Å². The number of amides is 1. The molecule has 0 heterocycles. The number of carboxylic acid groups (broad SMARTS) is 1. The number of hydrogen-bond donors (Lipinski definition) is 2. The fourth-order valence-corrected chi connectivity index (χ4v) is 2.23. The number of benzene rings is 1. The zero-order valence-electron chi connectivity index (χ0n) is 13.2. The molecule has 0 spiro atoms. The smallest absolute Gasteiger partial charge is 0.334 e. The van der Waals surface area contributed by atoms with Crippen LogP contribution in [0.2, 0.25) is 0 Å². The molecule has 4 heteroatoms. The number of carbonyl (C=O) groups excluding carboxylic acids is 1. The lowest BCUT2D eigenvalue weighted by Crippen LogP contribution is -2.51. The summed E-state index contributed by atoms with van der Waals surface area (Å²) in [7, 11) is 0. The van der Waals surface area contributed by atoms with Gasteiger partial charge in [-0.15, -0.1) is 0 Å². The lowest BCUT2D eigenvalue weighted by atomic mass is 9.86. The Hall–Kier alpha value is -1.84. The van der Waals surface area contributed by atoms with Crippen molar-refractivity contribution in [3.8, 4) is 0 Å². The molecule has 2 N–H and O–H groups in total. The van der Waals surface area contributed by atoms with Crippen molar-refractivity contribution < 1.29 is 14.7 Å². The molecule has 1 amide bonds. The highest BCUT2D eigenvalue weighted by atomic mass is 16.4. The van der Waals surface area contributed by atoms with Crippen molar-refractivity contribution >= 4 is 11.9 Å². The van der Waals surface area contributed by atoms with E-state index in [0.29, 0.717) is 24.3 Å². The largest absolute Gasteiger partial charge is 0.479 e. The predicted molar refractivity (Wildman–Crippen MR) is 82.8 cm³/mol. The minimum atomic E-state index is -1.35. The second kappa shape index (κ2) is 7.25. The van der Waals surface area contributed by atoms with Gasteiger partial charge in [-0.3, -0.25) is 4.79 Å². The van der Waals surface area contributed by atoms with Gasteiger partial charge in [0.1, 0.15) is 0 Å². The van der Waals surface area contributed by atoms with Crippen molar-refractivity contribution in [1.29, 1.82) is 0 Å². The van der Waals surface area contributed by atoms with E-state index >= 15 is 0 Å². The van der Waals surface area contributed by atoms with E-state index in [4.69, 9.17) is 0 Å². The SMILES string of the molecule is CCC(NC(=O)CC(C)C(C)C)(C(=O)O)c1ccccc1. The Kier molecular flexibility index (Phi) is 5.94. The van der Waals surface area contributed by atoms with Gasteiger partial charge in [-0.25, -0.2) is 4.79 Å². The maximum atomic E-state index is 12.2. The molecule has 0 saturated heterocycles. The zero-order valence-corrected chi connectivity index (χ0v) is 13.2. The van der Waals surface area contributed by atoms with Gasteiger partial charge in [0, 0.05) is 6.42 Å². The first-order valence-electron chi connectivity index (χ1n) is 7.43. The van der Waals surface area contributed by atoms with Crippen molar-refractivity contribution in [2.24, 2.45) is 11.8 Å². The van der Waals surface area contributed by atoms with Crippen LogP contribution in [0.15, 0.2) is 30.3 Å². The second-order valence-electron chi connectivity index (χ2n) is 5.90. The molecule has 0 aromatic heterocycles. The molecule has 116 valence electrons. The Morgan fingerprint density at radius 3 is 2.19 bits per heavy atom. The monoisotopic (exact) mass is 291 g/mol. The summed E-state index contributed by atoms with van der Waals surface area (Å²) in [5, 5.41) is 12.4. The fourth-order valence-electron chi connectivity index (χ4n) is 2.23. The summed E-state index contributed by atoms with van der Waals surface area (Å²) < 4.78 is 0. The molecule has 1 aromatic carbocycles. The molecule has 0 fully saturated rings. The lowest BCUT2D eigenvalue weighted by molar-refractivity contribution is -0.148. The first-order chi connectivity index (χ1) is 9.83. The van der Waals surface area contributed by atoms with Crippen LogP contribution in [-0.4, -0.2) is 17.0 Å². The molecular weight excluding hydrogens is 266 g/mol. The number of nitrogens with one attached hydrogen (secondary N) is 1. The summed E-state index contributed by atoms with van der Waals surface area (Å²) in [6.07, 6.45) is 0.633. The van der Waals surface area contributed by atoms with E-state index in [1.807, 2.05) is 13.0 Å². The Bertz CT molecular complexity index is 484. The molecule has 0 radical (unpaired) electrons. The summed E-state index contributed by atoms with van der Waals surface area (Å²) >= 11 is 0. The number of rotatable bonds is 7. The molecular formula is C17H25NO3. The third-order valence-corrected chi connectivity index (χ3v) is 4.16. The van der Waals surface area contributed by atoms with Crippen LogP contribution in [0.3, 0.4) is 0 Å². The predicted octanol–water partition coefficient (Wildman–Crippen LogP) is 3.17. The summed E-state index contributed by atoms with van der Waals surface area (Å²) in [5.74, 6) is -0.650. The topological polar surface area (TPSA) is 66.4 Å². The van der Waals surface area contributed by atoms with Crippen LogP contribution in [0.4, 0.5) is 0 Å². The van der Waals surface area contributed by atoms with Gasteiger partial charge in [-0.05, 0) is 23.8 Å². The molecule has 2 unspecified atom stereocenters. The first kappa shape index (κ1) is 17.2. The Balaban J connectivity index is 3.00. The summed E-state index contributed by atoms with van der Waals surface area (Å²) in [6.45, 7) is 7.88. The average molecular weight is 291 g/mol. The average Bonchev–Trinajstić information content (AvgIpc) is 2.45. The summed E-state index contributed by atoms with van der Waals surface area (Å²) in [6, 6.07) is 8.87. The molecule has 21 heavy (non-hydrogen) atoms.